The number of carbonyl (C=O) groups excluding carboxylic acids is 1. The fourth-order valence-corrected chi connectivity index (χ4v) is 1.32. The van der Waals surface area contributed by atoms with Crippen LogP contribution in [0.3, 0.4) is 0 Å². The van der Waals surface area contributed by atoms with Gasteiger partial charge in [-0.15, -0.1) is 0 Å². The number of ether oxygens (including phenoxy) is 1. The van der Waals surface area contributed by atoms with Gasteiger partial charge in [0.05, 0.1) is 6.61 Å². The summed E-state index contributed by atoms with van der Waals surface area (Å²) in [6.07, 6.45) is 5.81. The Labute approximate surface area is 98.2 Å². The van der Waals surface area contributed by atoms with Crippen molar-refractivity contribution in [2.45, 2.75) is 46.0 Å². The van der Waals surface area contributed by atoms with Crippen LogP contribution >= 0.6 is 0 Å². The van der Waals surface area contributed by atoms with Gasteiger partial charge in [0.25, 0.3) is 0 Å². The van der Waals surface area contributed by atoms with E-state index in [-0.39, 0.29) is 6.61 Å². The first-order chi connectivity index (χ1) is 7.66. The van der Waals surface area contributed by atoms with Crippen molar-refractivity contribution < 1.29 is 19.3 Å². The van der Waals surface area contributed by atoms with Gasteiger partial charge in [0, 0.05) is 7.11 Å². The van der Waals surface area contributed by atoms with Gasteiger partial charge in [0.15, 0.2) is 0 Å². The summed E-state index contributed by atoms with van der Waals surface area (Å²) in [4.78, 5) is 20.0. The largest absolute Gasteiger partial charge is 0.373 e. The molecule has 0 saturated heterocycles. The Morgan fingerprint density at radius 3 is 2.44 bits per heavy atom. The Morgan fingerprint density at radius 2 is 1.81 bits per heavy atom. The van der Waals surface area contributed by atoms with Crippen LogP contribution in [-0.4, -0.2) is 26.3 Å². The zero-order valence-electron chi connectivity index (χ0n) is 10.7. The molecule has 0 amide bonds. The van der Waals surface area contributed by atoms with Crippen LogP contribution in [-0.2, 0) is 19.3 Å². The standard InChI is InChI=1S/C12H24O4/c1-11(2)8-6-4-5-7-9-15-16-12(13)10-14-3/h11H,4-10H2,1-3H3. The molecule has 0 saturated carbocycles. The molecule has 96 valence electrons. The normalized spacial score (nSPS) is 10.8. The summed E-state index contributed by atoms with van der Waals surface area (Å²) < 4.78 is 4.58. The van der Waals surface area contributed by atoms with Crippen molar-refractivity contribution >= 4 is 5.97 Å². The average Bonchev–Trinajstić information content (AvgIpc) is 2.22. The van der Waals surface area contributed by atoms with Crippen LogP contribution in [0.5, 0.6) is 0 Å². The number of hydrogen-bond donors (Lipinski definition) is 0. The van der Waals surface area contributed by atoms with Crippen LogP contribution < -0.4 is 0 Å². The predicted octanol–water partition coefficient (Wildman–Crippen LogP) is 2.71. The van der Waals surface area contributed by atoms with Crippen LogP contribution in [0.2, 0.25) is 0 Å². The third-order valence-electron chi connectivity index (χ3n) is 2.17. The molecule has 0 aromatic rings. The van der Waals surface area contributed by atoms with Crippen LogP contribution in [0.1, 0.15) is 46.0 Å². The van der Waals surface area contributed by atoms with Crippen molar-refractivity contribution in [3.8, 4) is 0 Å². The van der Waals surface area contributed by atoms with Crippen molar-refractivity contribution in [1.29, 1.82) is 0 Å². The summed E-state index contributed by atoms with van der Waals surface area (Å²) in [5.74, 6) is 0.300. The lowest BCUT2D eigenvalue weighted by molar-refractivity contribution is -0.275. The molecule has 0 atom stereocenters. The molecule has 0 heterocycles. The Bertz CT molecular complexity index is 168. The summed E-state index contributed by atoms with van der Waals surface area (Å²) in [5.41, 5.74) is 0. The highest BCUT2D eigenvalue weighted by Gasteiger charge is 2.01. The van der Waals surface area contributed by atoms with Gasteiger partial charge in [-0.2, -0.15) is 4.89 Å². The van der Waals surface area contributed by atoms with Crippen LogP contribution in [0.4, 0.5) is 0 Å². The topological polar surface area (TPSA) is 44.8 Å². The van der Waals surface area contributed by atoms with E-state index in [4.69, 9.17) is 4.89 Å². The Balaban J connectivity index is 3.07. The number of unbranched alkanes of at least 4 members (excludes halogenated alkanes) is 3. The van der Waals surface area contributed by atoms with Gasteiger partial charge in [0.2, 0.25) is 0 Å². The van der Waals surface area contributed by atoms with E-state index in [0.29, 0.717) is 6.61 Å². The van der Waals surface area contributed by atoms with Crippen LogP contribution in [0.25, 0.3) is 0 Å². The highest BCUT2D eigenvalue weighted by atomic mass is 17.2. The van der Waals surface area contributed by atoms with E-state index in [9.17, 15) is 4.79 Å². The molecule has 0 bridgehead atoms. The van der Waals surface area contributed by atoms with E-state index in [2.05, 4.69) is 23.5 Å². The van der Waals surface area contributed by atoms with Gasteiger partial charge in [-0.05, 0) is 12.3 Å². The van der Waals surface area contributed by atoms with Gasteiger partial charge >= 0.3 is 5.97 Å². The predicted molar refractivity (Wildman–Crippen MR) is 61.8 cm³/mol. The van der Waals surface area contributed by atoms with Crippen LogP contribution in [0, 0.1) is 5.92 Å². The number of rotatable bonds is 10. The second-order valence-electron chi connectivity index (χ2n) is 4.31. The molecular formula is C12H24O4. The Kier molecular flexibility index (Phi) is 10.5. The molecule has 4 heteroatoms. The highest BCUT2D eigenvalue weighted by molar-refractivity contribution is 5.69. The maximum atomic E-state index is 10.8. The minimum Gasteiger partial charge on any atom is -0.373 e. The molecule has 16 heavy (non-hydrogen) atoms. The Morgan fingerprint density at radius 1 is 1.12 bits per heavy atom. The fraction of sp³-hybridized carbons (Fsp3) is 0.917. The minimum absolute atomic E-state index is 0.0611. The first kappa shape index (κ1) is 15.4. The van der Waals surface area contributed by atoms with E-state index in [1.54, 1.807) is 0 Å². The molecule has 0 aromatic carbocycles. The zero-order valence-corrected chi connectivity index (χ0v) is 10.7. The summed E-state index contributed by atoms with van der Waals surface area (Å²) in [5, 5.41) is 0. The van der Waals surface area contributed by atoms with E-state index in [0.717, 1.165) is 18.8 Å². The maximum Gasteiger partial charge on any atom is 0.367 e. The minimum atomic E-state index is -0.484. The summed E-state index contributed by atoms with van der Waals surface area (Å²) >= 11 is 0. The SMILES string of the molecule is COCC(=O)OOCCCCCCC(C)C. The quantitative estimate of drug-likeness (QED) is 0.330. The summed E-state index contributed by atoms with van der Waals surface area (Å²) in [6, 6.07) is 0. The van der Waals surface area contributed by atoms with Gasteiger partial charge in [-0.3, -0.25) is 4.89 Å². The number of hydrogen-bond acceptors (Lipinski definition) is 4. The molecule has 0 aliphatic rings. The molecule has 0 rings (SSSR count). The maximum absolute atomic E-state index is 10.8. The molecule has 0 aromatic heterocycles. The monoisotopic (exact) mass is 232 g/mol. The summed E-state index contributed by atoms with van der Waals surface area (Å²) in [7, 11) is 1.44. The smallest absolute Gasteiger partial charge is 0.367 e. The van der Waals surface area contributed by atoms with Crippen molar-refractivity contribution in [2.75, 3.05) is 20.3 Å². The number of carbonyl (C=O) groups is 1. The van der Waals surface area contributed by atoms with Crippen LogP contribution in [0.15, 0.2) is 0 Å². The molecule has 0 spiro atoms. The van der Waals surface area contributed by atoms with E-state index < -0.39 is 5.97 Å². The molecule has 0 aliphatic carbocycles. The van der Waals surface area contributed by atoms with E-state index in [1.165, 1.54) is 26.4 Å². The zero-order chi connectivity index (χ0) is 12.2. The molecule has 4 nitrogen and oxygen atoms in total. The molecule has 0 radical (unpaired) electrons. The lowest BCUT2D eigenvalue weighted by Gasteiger charge is -2.04. The highest BCUT2D eigenvalue weighted by Crippen LogP contribution is 2.09. The molecule has 0 N–H and O–H groups in total. The third kappa shape index (κ3) is 11.5. The number of methoxy groups -OCH3 is 1. The Hall–Kier alpha value is -0.610. The average molecular weight is 232 g/mol. The van der Waals surface area contributed by atoms with Gasteiger partial charge in [0.1, 0.15) is 6.61 Å². The fourth-order valence-electron chi connectivity index (χ4n) is 1.32. The van der Waals surface area contributed by atoms with E-state index >= 15 is 0 Å². The lowest BCUT2D eigenvalue weighted by atomic mass is 10.0. The van der Waals surface area contributed by atoms with Crippen molar-refractivity contribution in [1.82, 2.24) is 0 Å². The summed E-state index contributed by atoms with van der Waals surface area (Å²) in [6.45, 7) is 4.88. The van der Waals surface area contributed by atoms with Crippen molar-refractivity contribution in [3.63, 3.8) is 0 Å². The molecule has 0 aliphatic heterocycles. The second kappa shape index (κ2) is 10.9. The first-order valence-electron chi connectivity index (χ1n) is 5.98. The van der Waals surface area contributed by atoms with Gasteiger partial charge in [-0.1, -0.05) is 39.5 Å². The van der Waals surface area contributed by atoms with Crippen molar-refractivity contribution in [2.24, 2.45) is 5.92 Å². The molecule has 0 unspecified atom stereocenters. The van der Waals surface area contributed by atoms with Crippen molar-refractivity contribution in [3.05, 3.63) is 0 Å². The third-order valence-corrected chi connectivity index (χ3v) is 2.17. The second-order valence-corrected chi connectivity index (χ2v) is 4.31. The first-order valence-corrected chi connectivity index (χ1v) is 5.98. The van der Waals surface area contributed by atoms with E-state index in [1.807, 2.05) is 0 Å². The van der Waals surface area contributed by atoms with Gasteiger partial charge in [-0.25, -0.2) is 4.79 Å². The molecule has 0 fully saturated rings. The van der Waals surface area contributed by atoms with Gasteiger partial charge < -0.3 is 4.74 Å². The lowest BCUT2D eigenvalue weighted by Crippen LogP contribution is -2.12. The molecular weight excluding hydrogens is 208 g/mol.